The van der Waals surface area contributed by atoms with Gasteiger partial charge in [0.25, 0.3) is 0 Å². The molecule has 3 nitrogen and oxygen atoms in total. The average Bonchev–Trinajstić information content (AvgIpc) is 3.05. The number of rotatable bonds is 8. The van der Waals surface area contributed by atoms with E-state index in [0.717, 1.165) is 5.56 Å². The minimum absolute atomic E-state index is 0.449. The molecule has 2 atom stereocenters. The van der Waals surface area contributed by atoms with Crippen molar-refractivity contribution >= 4 is 11.3 Å². The summed E-state index contributed by atoms with van der Waals surface area (Å²) in [5.41, 5.74) is 2.33. The Morgan fingerprint density at radius 3 is 2.48 bits per heavy atom. The van der Waals surface area contributed by atoms with E-state index in [-0.39, 0.29) is 0 Å². The highest BCUT2D eigenvalue weighted by molar-refractivity contribution is 7.13. The molecule has 1 aromatic heterocycles. The van der Waals surface area contributed by atoms with E-state index in [1.807, 2.05) is 13.0 Å². The molecule has 114 valence electrons. The topological polar surface area (TPSA) is 49.7 Å². The Morgan fingerprint density at radius 2 is 1.86 bits per heavy atom. The van der Waals surface area contributed by atoms with Crippen LogP contribution in [-0.2, 0) is 11.3 Å². The molecule has 0 bridgehead atoms. The fourth-order valence-corrected chi connectivity index (χ4v) is 2.80. The van der Waals surface area contributed by atoms with Crippen molar-refractivity contribution in [2.75, 3.05) is 6.61 Å². The fourth-order valence-electron chi connectivity index (χ4n) is 2.07. The van der Waals surface area contributed by atoms with E-state index < -0.39 is 12.2 Å². The first-order valence-corrected chi connectivity index (χ1v) is 8.15. The summed E-state index contributed by atoms with van der Waals surface area (Å²) >= 11 is 1.73. The van der Waals surface area contributed by atoms with E-state index in [4.69, 9.17) is 4.74 Å². The highest BCUT2D eigenvalue weighted by atomic mass is 32.1. The summed E-state index contributed by atoms with van der Waals surface area (Å²) in [6.07, 6.45) is -0.330. The number of thiophene rings is 1. The normalized spacial score (nSPS) is 14.0. The van der Waals surface area contributed by atoms with Gasteiger partial charge in [0.1, 0.15) is 0 Å². The van der Waals surface area contributed by atoms with Gasteiger partial charge < -0.3 is 14.9 Å². The van der Waals surface area contributed by atoms with Crippen LogP contribution in [0.2, 0.25) is 0 Å². The van der Waals surface area contributed by atoms with Crippen LogP contribution in [0.15, 0.2) is 41.8 Å². The van der Waals surface area contributed by atoms with Crippen molar-refractivity contribution in [2.24, 2.45) is 0 Å². The van der Waals surface area contributed by atoms with Crippen molar-refractivity contribution in [2.45, 2.75) is 38.6 Å². The first-order chi connectivity index (χ1) is 10.2. The summed E-state index contributed by atoms with van der Waals surface area (Å²) in [5, 5.41) is 21.2. The summed E-state index contributed by atoms with van der Waals surface area (Å²) in [4.78, 5) is 1.26. The lowest BCUT2D eigenvalue weighted by atomic mass is 10.1. The lowest BCUT2D eigenvalue weighted by Crippen LogP contribution is -2.26. The average molecular weight is 306 g/mol. The van der Waals surface area contributed by atoms with E-state index in [2.05, 4.69) is 35.7 Å². The number of ether oxygens (including phenoxy) is 1. The SMILES string of the molecule is CCC(O)C(O)CCOCc1ccc(-c2cccs2)cc1. The van der Waals surface area contributed by atoms with Crippen LogP contribution in [0.25, 0.3) is 10.4 Å². The van der Waals surface area contributed by atoms with Crippen LogP contribution in [-0.4, -0.2) is 29.0 Å². The quantitative estimate of drug-likeness (QED) is 0.734. The Balaban J connectivity index is 1.74. The second kappa shape index (κ2) is 8.29. The van der Waals surface area contributed by atoms with Crippen LogP contribution >= 0.6 is 11.3 Å². The lowest BCUT2D eigenvalue weighted by Gasteiger charge is -2.15. The van der Waals surface area contributed by atoms with E-state index in [1.54, 1.807) is 11.3 Å². The second-order valence-electron chi connectivity index (χ2n) is 5.06. The van der Waals surface area contributed by atoms with Gasteiger partial charge in [-0.3, -0.25) is 0 Å². The Labute approximate surface area is 129 Å². The standard InChI is InChI=1S/C17H22O3S/c1-2-15(18)16(19)9-10-20-12-13-5-7-14(8-6-13)17-4-3-11-21-17/h3-8,11,15-16,18-19H,2,9-10,12H2,1H3. The highest BCUT2D eigenvalue weighted by Crippen LogP contribution is 2.24. The number of aliphatic hydroxyl groups excluding tert-OH is 2. The Kier molecular flexibility index (Phi) is 6.39. The second-order valence-corrected chi connectivity index (χ2v) is 6.01. The Hall–Kier alpha value is -1.20. The third kappa shape index (κ3) is 4.93. The van der Waals surface area contributed by atoms with Crippen molar-refractivity contribution < 1.29 is 14.9 Å². The predicted molar refractivity (Wildman–Crippen MR) is 86.3 cm³/mol. The summed E-state index contributed by atoms with van der Waals surface area (Å²) in [5.74, 6) is 0. The maximum absolute atomic E-state index is 9.63. The molecule has 1 heterocycles. The molecule has 0 aliphatic rings. The van der Waals surface area contributed by atoms with Gasteiger partial charge in [-0.1, -0.05) is 37.3 Å². The molecule has 2 rings (SSSR count). The Bertz CT molecular complexity index is 507. The van der Waals surface area contributed by atoms with E-state index >= 15 is 0 Å². The monoisotopic (exact) mass is 306 g/mol. The van der Waals surface area contributed by atoms with Gasteiger partial charge >= 0.3 is 0 Å². The summed E-state index contributed by atoms with van der Waals surface area (Å²) in [6, 6.07) is 12.5. The van der Waals surface area contributed by atoms with E-state index in [1.165, 1.54) is 10.4 Å². The molecule has 0 spiro atoms. The molecule has 2 N–H and O–H groups in total. The number of hydrogen-bond donors (Lipinski definition) is 2. The molecule has 1 aromatic carbocycles. The molecule has 0 aliphatic heterocycles. The van der Waals surface area contributed by atoms with Crippen LogP contribution in [0, 0.1) is 0 Å². The lowest BCUT2D eigenvalue weighted by molar-refractivity contribution is -0.00799. The third-order valence-corrected chi connectivity index (χ3v) is 4.37. The molecule has 21 heavy (non-hydrogen) atoms. The van der Waals surface area contributed by atoms with Crippen molar-refractivity contribution in [1.82, 2.24) is 0 Å². The Morgan fingerprint density at radius 1 is 1.10 bits per heavy atom. The molecule has 4 heteroatoms. The van der Waals surface area contributed by atoms with Gasteiger partial charge in [0.2, 0.25) is 0 Å². The smallest absolute Gasteiger partial charge is 0.0820 e. The van der Waals surface area contributed by atoms with Crippen LogP contribution in [0.1, 0.15) is 25.3 Å². The zero-order valence-corrected chi connectivity index (χ0v) is 13.1. The molecule has 2 aromatic rings. The van der Waals surface area contributed by atoms with E-state index in [0.29, 0.717) is 26.1 Å². The number of benzene rings is 1. The van der Waals surface area contributed by atoms with Crippen molar-refractivity contribution in [3.05, 3.63) is 47.3 Å². The zero-order valence-electron chi connectivity index (χ0n) is 12.2. The minimum atomic E-state index is -0.698. The van der Waals surface area contributed by atoms with Crippen molar-refractivity contribution in [3.8, 4) is 10.4 Å². The summed E-state index contributed by atoms with van der Waals surface area (Å²) in [7, 11) is 0. The molecule has 0 saturated heterocycles. The molecular formula is C17H22O3S. The minimum Gasteiger partial charge on any atom is -0.390 e. The first-order valence-electron chi connectivity index (χ1n) is 7.27. The van der Waals surface area contributed by atoms with Gasteiger partial charge in [-0.15, -0.1) is 11.3 Å². The molecule has 0 fully saturated rings. The molecule has 0 aliphatic carbocycles. The van der Waals surface area contributed by atoms with Crippen LogP contribution < -0.4 is 0 Å². The molecule has 0 radical (unpaired) electrons. The van der Waals surface area contributed by atoms with Gasteiger partial charge in [-0.05, 0) is 35.4 Å². The zero-order chi connectivity index (χ0) is 15.1. The molecular weight excluding hydrogens is 284 g/mol. The maximum Gasteiger partial charge on any atom is 0.0820 e. The summed E-state index contributed by atoms with van der Waals surface area (Å²) < 4.78 is 5.55. The molecule has 2 unspecified atom stereocenters. The van der Waals surface area contributed by atoms with Gasteiger partial charge in [0, 0.05) is 11.5 Å². The maximum atomic E-state index is 9.63. The largest absolute Gasteiger partial charge is 0.390 e. The predicted octanol–water partition coefficient (Wildman–Crippen LogP) is 3.45. The van der Waals surface area contributed by atoms with Gasteiger partial charge in [-0.25, -0.2) is 0 Å². The first kappa shape index (κ1) is 16.2. The van der Waals surface area contributed by atoms with Gasteiger partial charge in [-0.2, -0.15) is 0 Å². The fraction of sp³-hybridized carbons (Fsp3) is 0.412. The third-order valence-electron chi connectivity index (χ3n) is 3.45. The van der Waals surface area contributed by atoms with Crippen LogP contribution in [0.4, 0.5) is 0 Å². The van der Waals surface area contributed by atoms with Gasteiger partial charge in [0.15, 0.2) is 0 Å². The van der Waals surface area contributed by atoms with Crippen molar-refractivity contribution in [1.29, 1.82) is 0 Å². The molecule has 0 amide bonds. The number of hydrogen-bond acceptors (Lipinski definition) is 4. The van der Waals surface area contributed by atoms with Gasteiger partial charge in [0.05, 0.1) is 18.8 Å². The van der Waals surface area contributed by atoms with Crippen molar-refractivity contribution in [3.63, 3.8) is 0 Å². The van der Waals surface area contributed by atoms with E-state index in [9.17, 15) is 10.2 Å². The highest BCUT2D eigenvalue weighted by Gasteiger charge is 2.13. The molecule has 0 saturated carbocycles. The number of aliphatic hydroxyl groups is 2. The summed E-state index contributed by atoms with van der Waals surface area (Å²) in [6.45, 7) is 2.83. The van der Waals surface area contributed by atoms with Crippen LogP contribution in [0.5, 0.6) is 0 Å². The van der Waals surface area contributed by atoms with Crippen LogP contribution in [0.3, 0.4) is 0 Å².